The van der Waals surface area contributed by atoms with Crippen LogP contribution in [0.2, 0.25) is 0 Å². The Labute approximate surface area is 113 Å². The monoisotopic (exact) mass is 276 g/mol. The average Bonchev–Trinajstić information content (AvgIpc) is 2.72. The molecule has 0 aromatic heterocycles. The summed E-state index contributed by atoms with van der Waals surface area (Å²) in [6.07, 6.45) is 6.19. The highest BCUT2D eigenvalue weighted by Crippen LogP contribution is 2.40. The summed E-state index contributed by atoms with van der Waals surface area (Å²) in [6, 6.07) is 6.75. The van der Waals surface area contributed by atoms with Crippen LogP contribution in [-0.2, 0) is 10.0 Å². The van der Waals surface area contributed by atoms with Gasteiger partial charge in [0.1, 0.15) is 0 Å². The summed E-state index contributed by atoms with van der Waals surface area (Å²) in [5.41, 5.74) is 2.00. The van der Waals surface area contributed by atoms with Crippen LogP contribution in [0.15, 0.2) is 46.4 Å². The lowest BCUT2D eigenvalue weighted by atomic mass is 9.74. The number of allylic oxidation sites excluding steroid dienone is 2. The summed E-state index contributed by atoms with van der Waals surface area (Å²) in [5, 5.41) is 4.08. The van der Waals surface area contributed by atoms with Crippen LogP contribution in [0, 0.1) is 18.8 Å². The van der Waals surface area contributed by atoms with Crippen molar-refractivity contribution in [1.29, 1.82) is 0 Å². The van der Waals surface area contributed by atoms with Gasteiger partial charge in [-0.25, -0.2) is 4.83 Å². The van der Waals surface area contributed by atoms with Crippen molar-refractivity contribution in [3.8, 4) is 0 Å². The molecule has 0 aliphatic heterocycles. The number of hydrogen-bond donors (Lipinski definition) is 1. The minimum atomic E-state index is -3.53. The molecule has 0 spiro atoms. The lowest BCUT2D eigenvalue weighted by molar-refractivity contribution is 0.463. The molecule has 2 aliphatic carbocycles. The molecule has 2 unspecified atom stereocenters. The number of sulfonamides is 1. The van der Waals surface area contributed by atoms with Gasteiger partial charge in [0, 0.05) is 11.6 Å². The smallest absolute Gasteiger partial charge is 0.200 e. The molecule has 1 aromatic rings. The predicted octanol–water partition coefficient (Wildman–Crippen LogP) is 2.23. The van der Waals surface area contributed by atoms with Gasteiger partial charge in [-0.3, -0.25) is 0 Å². The van der Waals surface area contributed by atoms with Gasteiger partial charge in [0.25, 0.3) is 10.0 Å². The number of rotatable bonds is 3. The van der Waals surface area contributed by atoms with Gasteiger partial charge in [-0.1, -0.05) is 29.8 Å². The van der Waals surface area contributed by atoms with Crippen LogP contribution >= 0.6 is 0 Å². The Morgan fingerprint density at radius 1 is 1.26 bits per heavy atom. The van der Waals surface area contributed by atoms with Gasteiger partial charge in [-0.05, 0) is 37.8 Å². The lowest BCUT2D eigenvalue weighted by Crippen LogP contribution is -2.35. The maximum Gasteiger partial charge on any atom is 0.276 e. The van der Waals surface area contributed by atoms with E-state index in [1.54, 1.807) is 24.3 Å². The molecule has 0 saturated heterocycles. The summed E-state index contributed by atoms with van der Waals surface area (Å²) in [5.74, 6) is 0.989. The number of fused-ring (bicyclic) bond motifs is 1. The lowest BCUT2D eigenvalue weighted by Gasteiger charge is -2.31. The molecule has 19 heavy (non-hydrogen) atoms. The number of aryl methyl sites for hydroxylation is 1. The number of hydrazone groups is 1. The summed E-state index contributed by atoms with van der Waals surface area (Å²) in [6.45, 7) is 1.92. The van der Waals surface area contributed by atoms with Crippen molar-refractivity contribution in [3.05, 3.63) is 42.0 Å². The minimum Gasteiger partial charge on any atom is -0.200 e. The van der Waals surface area contributed by atoms with Crippen molar-refractivity contribution in [2.75, 3.05) is 0 Å². The molecule has 2 atom stereocenters. The summed E-state index contributed by atoms with van der Waals surface area (Å²) >= 11 is 0. The van der Waals surface area contributed by atoms with Crippen molar-refractivity contribution in [2.24, 2.45) is 16.9 Å². The number of hydrogen-bond acceptors (Lipinski definition) is 3. The summed E-state index contributed by atoms with van der Waals surface area (Å²) < 4.78 is 24.1. The number of nitrogens with zero attached hydrogens (tertiary/aromatic N) is 1. The molecular formula is C14H16N2O2S. The number of benzene rings is 1. The first-order chi connectivity index (χ1) is 9.06. The molecule has 1 N–H and O–H groups in total. The highest BCUT2D eigenvalue weighted by Gasteiger charge is 2.38. The van der Waals surface area contributed by atoms with Crippen molar-refractivity contribution >= 4 is 15.7 Å². The van der Waals surface area contributed by atoms with Crippen LogP contribution in [0.25, 0.3) is 0 Å². The Morgan fingerprint density at radius 2 is 2.00 bits per heavy atom. The summed E-state index contributed by atoms with van der Waals surface area (Å²) in [4.78, 5) is 2.59. The van der Waals surface area contributed by atoms with Crippen LogP contribution in [0.3, 0.4) is 0 Å². The molecule has 5 heteroatoms. The molecule has 4 nitrogen and oxygen atoms in total. The Kier molecular flexibility index (Phi) is 2.93. The molecule has 1 saturated carbocycles. The molecule has 3 rings (SSSR count). The zero-order valence-corrected chi connectivity index (χ0v) is 11.5. The van der Waals surface area contributed by atoms with E-state index < -0.39 is 10.0 Å². The van der Waals surface area contributed by atoms with Crippen LogP contribution in [-0.4, -0.2) is 14.1 Å². The van der Waals surface area contributed by atoms with E-state index in [0.717, 1.165) is 24.1 Å². The first-order valence-electron chi connectivity index (χ1n) is 6.38. The van der Waals surface area contributed by atoms with Crippen LogP contribution in [0.4, 0.5) is 0 Å². The normalized spacial score (nSPS) is 27.1. The second kappa shape index (κ2) is 4.49. The fourth-order valence-corrected chi connectivity index (χ4v) is 3.39. The average molecular weight is 276 g/mol. The van der Waals surface area contributed by atoms with Crippen molar-refractivity contribution in [1.82, 2.24) is 4.83 Å². The second-order valence-corrected chi connectivity index (χ2v) is 6.81. The summed E-state index contributed by atoms with van der Waals surface area (Å²) in [7, 11) is -3.53. The first kappa shape index (κ1) is 12.4. The van der Waals surface area contributed by atoms with Crippen molar-refractivity contribution < 1.29 is 8.42 Å². The van der Waals surface area contributed by atoms with Crippen molar-refractivity contribution in [2.45, 2.75) is 24.7 Å². The van der Waals surface area contributed by atoms with Gasteiger partial charge < -0.3 is 0 Å². The Hall–Kier alpha value is -1.62. The molecule has 0 heterocycles. The second-order valence-electron chi connectivity index (χ2n) is 5.15. The van der Waals surface area contributed by atoms with Crippen LogP contribution in [0.1, 0.15) is 18.4 Å². The quantitative estimate of drug-likeness (QED) is 0.680. The van der Waals surface area contributed by atoms with E-state index in [1.807, 2.05) is 6.92 Å². The fraction of sp³-hybridized carbons (Fsp3) is 0.357. The van der Waals surface area contributed by atoms with Gasteiger partial charge in [-0.2, -0.15) is 13.5 Å². The van der Waals surface area contributed by atoms with Gasteiger partial charge in [0.05, 0.1) is 4.90 Å². The topological polar surface area (TPSA) is 58.5 Å². The maximum atomic E-state index is 12.0. The Morgan fingerprint density at radius 3 is 2.68 bits per heavy atom. The zero-order valence-electron chi connectivity index (χ0n) is 10.7. The third kappa shape index (κ3) is 2.30. The van der Waals surface area contributed by atoms with E-state index in [4.69, 9.17) is 0 Å². The van der Waals surface area contributed by atoms with Crippen LogP contribution < -0.4 is 4.83 Å². The maximum absolute atomic E-state index is 12.0. The van der Waals surface area contributed by atoms with Gasteiger partial charge in [0.15, 0.2) is 0 Å². The highest BCUT2D eigenvalue weighted by molar-refractivity contribution is 7.89. The molecule has 0 radical (unpaired) electrons. The van der Waals surface area contributed by atoms with Gasteiger partial charge >= 0.3 is 0 Å². The number of nitrogens with one attached hydrogen (secondary N) is 1. The first-order valence-corrected chi connectivity index (χ1v) is 7.86. The molecule has 100 valence electrons. The van der Waals surface area contributed by atoms with E-state index >= 15 is 0 Å². The minimum absolute atomic E-state index is 0.253. The molecular weight excluding hydrogens is 260 g/mol. The standard InChI is InChI=1S/C14H16N2O2S/c1-10-5-7-12(8-6-10)19(17,18)16-15-14-9-11-3-2-4-13(11)14/h2-3,5-8,11,13,16H,4,9H2,1H3/b15-14+. The van der Waals surface area contributed by atoms with Crippen molar-refractivity contribution in [3.63, 3.8) is 0 Å². The molecule has 1 fully saturated rings. The van der Waals surface area contributed by atoms with E-state index in [9.17, 15) is 8.42 Å². The van der Waals surface area contributed by atoms with Gasteiger partial charge in [-0.15, -0.1) is 0 Å². The van der Waals surface area contributed by atoms with E-state index in [-0.39, 0.29) is 4.90 Å². The van der Waals surface area contributed by atoms with E-state index in [1.165, 1.54) is 0 Å². The third-order valence-corrected chi connectivity index (χ3v) is 5.03. The van der Waals surface area contributed by atoms with Crippen LogP contribution in [0.5, 0.6) is 0 Å². The molecule has 0 bridgehead atoms. The molecule has 1 aromatic carbocycles. The fourth-order valence-electron chi connectivity index (χ4n) is 2.55. The van der Waals surface area contributed by atoms with Gasteiger partial charge in [0.2, 0.25) is 0 Å². The molecule has 2 aliphatic rings. The Balaban J connectivity index is 1.72. The largest absolute Gasteiger partial charge is 0.276 e. The SMILES string of the molecule is Cc1ccc(S(=O)(=O)N/N=C2\CC3C=CCC23)cc1. The van der Waals surface area contributed by atoms with E-state index in [2.05, 4.69) is 22.1 Å². The molecule has 0 amide bonds. The zero-order chi connectivity index (χ0) is 13.5. The Bertz CT molecular complexity index is 645. The van der Waals surface area contributed by atoms with E-state index in [0.29, 0.717) is 11.8 Å². The third-order valence-electron chi connectivity index (χ3n) is 3.80. The highest BCUT2D eigenvalue weighted by atomic mass is 32.2. The predicted molar refractivity (Wildman–Crippen MR) is 74.3 cm³/mol.